The summed E-state index contributed by atoms with van der Waals surface area (Å²) in [5, 5.41) is 8.93. The van der Waals surface area contributed by atoms with Gasteiger partial charge in [0.05, 0.1) is 17.9 Å². The molecule has 1 N–H and O–H groups in total. The Morgan fingerprint density at radius 1 is 1.33 bits per heavy atom. The van der Waals surface area contributed by atoms with Crippen molar-refractivity contribution >= 4 is 27.6 Å². The lowest BCUT2D eigenvalue weighted by atomic mass is 10.1. The molecule has 2 heterocycles. The van der Waals surface area contributed by atoms with Crippen LogP contribution in [0.5, 0.6) is 0 Å². The van der Waals surface area contributed by atoms with Crippen molar-refractivity contribution in [2.75, 3.05) is 29.6 Å². The molecule has 0 amide bonds. The Labute approximate surface area is 112 Å². The second kappa shape index (κ2) is 5.79. The first-order chi connectivity index (χ1) is 8.48. The van der Waals surface area contributed by atoms with Crippen molar-refractivity contribution in [3.05, 3.63) is 0 Å². The maximum atomic E-state index is 11.4. The van der Waals surface area contributed by atoms with E-state index in [1.165, 1.54) is 0 Å². The van der Waals surface area contributed by atoms with Gasteiger partial charge in [-0.05, 0) is 12.8 Å². The van der Waals surface area contributed by atoms with Gasteiger partial charge in [0, 0.05) is 30.1 Å². The molecule has 2 saturated heterocycles. The van der Waals surface area contributed by atoms with Crippen LogP contribution in [0.2, 0.25) is 0 Å². The predicted molar refractivity (Wildman–Crippen MR) is 71.7 cm³/mol. The molecule has 7 heteroatoms. The number of carboxylic acids is 1. The van der Waals surface area contributed by atoms with E-state index in [1.807, 2.05) is 0 Å². The minimum absolute atomic E-state index is 0.0621. The van der Waals surface area contributed by atoms with Gasteiger partial charge in [0.25, 0.3) is 0 Å². The Balaban J connectivity index is 1.99. The van der Waals surface area contributed by atoms with E-state index < -0.39 is 15.8 Å². The number of aliphatic carboxylic acids is 1. The Morgan fingerprint density at radius 3 is 2.61 bits per heavy atom. The average molecular weight is 293 g/mol. The molecule has 2 aliphatic heterocycles. The smallest absolute Gasteiger partial charge is 0.304 e. The van der Waals surface area contributed by atoms with Crippen LogP contribution in [0.15, 0.2) is 0 Å². The molecule has 0 radical (unpaired) electrons. The summed E-state index contributed by atoms with van der Waals surface area (Å²) in [6.07, 6.45) is 1.47. The lowest BCUT2D eigenvalue weighted by molar-refractivity contribution is -0.138. The maximum Gasteiger partial charge on any atom is 0.304 e. The summed E-state index contributed by atoms with van der Waals surface area (Å²) >= 11 is 1.79. The van der Waals surface area contributed by atoms with E-state index in [9.17, 15) is 13.2 Å². The Bertz CT molecular complexity index is 395. The van der Waals surface area contributed by atoms with Crippen molar-refractivity contribution in [3.63, 3.8) is 0 Å². The first-order valence-corrected chi connectivity index (χ1v) is 9.21. The zero-order valence-electron chi connectivity index (χ0n) is 10.2. The minimum Gasteiger partial charge on any atom is -0.481 e. The molecule has 0 aromatic rings. The summed E-state index contributed by atoms with van der Waals surface area (Å²) in [7, 11) is -2.84. The third-order valence-electron chi connectivity index (χ3n) is 3.68. The fourth-order valence-corrected chi connectivity index (χ4v) is 5.29. The summed E-state index contributed by atoms with van der Waals surface area (Å²) in [6.45, 7) is 0.882. The molecule has 0 aromatic heterocycles. The minimum atomic E-state index is -2.84. The van der Waals surface area contributed by atoms with Crippen molar-refractivity contribution < 1.29 is 18.3 Å². The van der Waals surface area contributed by atoms with E-state index in [2.05, 4.69) is 4.90 Å². The van der Waals surface area contributed by atoms with Crippen LogP contribution in [0.4, 0.5) is 0 Å². The van der Waals surface area contributed by atoms with Crippen LogP contribution in [0.25, 0.3) is 0 Å². The zero-order valence-corrected chi connectivity index (χ0v) is 11.9. The molecule has 18 heavy (non-hydrogen) atoms. The first kappa shape index (κ1) is 14.1. The first-order valence-electron chi connectivity index (χ1n) is 6.23. The third-order valence-corrected chi connectivity index (χ3v) is 6.48. The zero-order chi connectivity index (χ0) is 13.2. The van der Waals surface area contributed by atoms with E-state index in [0.29, 0.717) is 12.8 Å². The van der Waals surface area contributed by atoms with E-state index >= 15 is 0 Å². The highest BCUT2D eigenvalue weighted by atomic mass is 32.2. The fraction of sp³-hybridized carbons (Fsp3) is 0.909. The van der Waals surface area contributed by atoms with Gasteiger partial charge in [-0.3, -0.25) is 9.69 Å². The molecule has 1 unspecified atom stereocenters. The van der Waals surface area contributed by atoms with E-state index in [-0.39, 0.29) is 30.0 Å². The highest BCUT2D eigenvalue weighted by molar-refractivity contribution is 7.99. The van der Waals surface area contributed by atoms with Crippen LogP contribution in [0, 0.1) is 0 Å². The van der Waals surface area contributed by atoms with Crippen LogP contribution in [0.1, 0.15) is 19.3 Å². The Hall–Kier alpha value is -0.270. The molecule has 2 rings (SSSR count). The highest BCUT2D eigenvalue weighted by Crippen LogP contribution is 2.26. The summed E-state index contributed by atoms with van der Waals surface area (Å²) in [4.78, 5) is 13.1. The SMILES string of the molecule is O=C(O)CC1CSCCN1C1CCS(=O)(=O)CC1. The third kappa shape index (κ3) is 3.61. The van der Waals surface area contributed by atoms with Gasteiger partial charge < -0.3 is 5.11 Å². The fourth-order valence-electron chi connectivity index (χ4n) is 2.74. The van der Waals surface area contributed by atoms with Gasteiger partial charge in [0.15, 0.2) is 0 Å². The number of nitrogens with zero attached hydrogens (tertiary/aromatic N) is 1. The number of carbonyl (C=O) groups is 1. The molecule has 0 spiro atoms. The lowest BCUT2D eigenvalue weighted by Gasteiger charge is -2.41. The van der Waals surface area contributed by atoms with Crippen molar-refractivity contribution in [2.45, 2.75) is 31.3 Å². The molecule has 0 aromatic carbocycles. The van der Waals surface area contributed by atoms with E-state index in [1.54, 1.807) is 11.8 Å². The van der Waals surface area contributed by atoms with Crippen LogP contribution < -0.4 is 0 Å². The molecule has 2 fully saturated rings. The van der Waals surface area contributed by atoms with E-state index in [0.717, 1.165) is 18.1 Å². The van der Waals surface area contributed by atoms with Gasteiger partial charge in [-0.1, -0.05) is 0 Å². The van der Waals surface area contributed by atoms with Crippen molar-refractivity contribution in [1.29, 1.82) is 0 Å². The van der Waals surface area contributed by atoms with Gasteiger partial charge in [-0.2, -0.15) is 11.8 Å². The summed E-state index contributed by atoms with van der Waals surface area (Å²) < 4.78 is 22.8. The van der Waals surface area contributed by atoms with Crippen LogP contribution in [-0.4, -0.2) is 66.0 Å². The average Bonchev–Trinajstić information content (AvgIpc) is 2.29. The number of rotatable bonds is 3. The second-order valence-electron chi connectivity index (χ2n) is 4.95. The van der Waals surface area contributed by atoms with Gasteiger partial charge >= 0.3 is 5.97 Å². The summed E-state index contributed by atoms with van der Waals surface area (Å²) in [5.74, 6) is 1.59. The molecule has 2 aliphatic rings. The maximum absolute atomic E-state index is 11.4. The molecular formula is C11H19NO4S2. The molecule has 104 valence electrons. The van der Waals surface area contributed by atoms with Crippen LogP contribution in [-0.2, 0) is 14.6 Å². The summed E-state index contributed by atoms with van der Waals surface area (Å²) in [6, 6.07) is 0.311. The quantitative estimate of drug-likeness (QED) is 0.814. The topological polar surface area (TPSA) is 74.7 Å². The van der Waals surface area contributed by atoms with Gasteiger partial charge in [0.1, 0.15) is 9.84 Å². The molecule has 0 bridgehead atoms. The molecule has 1 atom stereocenters. The molecule has 0 aliphatic carbocycles. The molecule has 0 saturated carbocycles. The van der Waals surface area contributed by atoms with Crippen LogP contribution >= 0.6 is 11.8 Å². The van der Waals surface area contributed by atoms with Crippen molar-refractivity contribution in [1.82, 2.24) is 4.90 Å². The Kier molecular flexibility index (Phi) is 4.55. The second-order valence-corrected chi connectivity index (χ2v) is 8.40. The number of thioether (sulfide) groups is 1. The number of hydrogen-bond donors (Lipinski definition) is 1. The number of carboxylic acid groups (broad SMARTS) is 1. The monoisotopic (exact) mass is 293 g/mol. The lowest BCUT2D eigenvalue weighted by Crippen LogP contribution is -2.51. The number of sulfone groups is 1. The molecular weight excluding hydrogens is 274 g/mol. The normalized spacial score (nSPS) is 30.1. The summed E-state index contributed by atoms with van der Waals surface area (Å²) in [5.41, 5.74) is 0. The van der Waals surface area contributed by atoms with Gasteiger partial charge in [-0.25, -0.2) is 8.42 Å². The van der Waals surface area contributed by atoms with Crippen LogP contribution in [0.3, 0.4) is 0 Å². The predicted octanol–water partition coefficient (Wildman–Crippen LogP) is 0.456. The Morgan fingerprint density at radius 2 is 2.00 bits per heavy atom. The van der Waals surface area contributed by atoms with E-state index in [4.69, 9.17) is 5.11 Å². The van der Waals surface area contributed by atoms with Crippen molar-refractivity contribution in [3.8, 4) is 0 Å². The number of hydrogen-bond acceptors (Lipinski definition) is 5. The van der Waals surface area contributed by atoms with Crippen molar-refractivity contribution in [2.24, 2.45) is 0 Å². The standard InChI is InChI=1S/C11H19NO4S2/c13-11(14)7-10-8-17-4-3-12(10)9-1-5-18(15,16)6-2-9/h9-10H,1-8H2,(H,13,14). The van der Waals surface area contributed by atoms with Gasteiger partial charge in [0.2, 0.25) is 0 Å². The molecule has 5 nitrogen and oxygen atoms in total. The largest absolute Gasteiger partial charge is 0.481 e. The van der Waals surface area contributed by atoms with Gasteiger partial charge in [-0.15, -0.1) is 0 Å². The highest BCUT2D eigenvalue weighted by Gasteiger charge is 2.34.